The van der Waals surface area contributed by atoms with Gasteiger partial charge in [0.15, 0.2) is 0 Å². The molecule has 43 heavy (non-hydrogen) atoms. The number of nitrogens with zero attached hydrogens (tertiary/aromatic N) is 1. The third-order valence-electron chi connectivity index (χ3n) is 7.76. The Bertz CT molecular complexity index is 1700. The largest absolute Gasteiger partial charge is 0.493 e. The van der Waals surface area contributed by atoms with Crippen molar-refractivity contribution in [3.05, 3.63) is 94.5 Å². The molecule has 228 valence electrons. The first kappa shape index (κ1) is 31.2. The van der Waals surface area contributed by atoms with Crippen LogP contribution in [0.4, 0.5) is 0 Å². The maximum absolute atomic E-state index is 13.7. The molecule has 0 spiro atoms. The smallest absolute Gasteiger partial charge is 0.250 e. The average Bonchev–Trinajstić information content (AvgIpc) is 3.29. The molecule has 0 radical (unpaired) electrons. The first-order valence-electron chi connectivity index (χ1n) is 14.8. The van der Waals surface area contributed by atoms with Gasteiger partial charge in [0.05, 0.1) is 18.7 Å². The van der Waals surface area contributed by atoms with Crippen molar-refractivity contribution in [1.29, 1.82) is 0 Å². The molecular formula is C34H41N3O4S2. The quantitative estimate of drug-likeness (QED) is 0.196. The van der Waals surface area contributed by atoms with Crippen LogP contribution in [0.25, 0.3) is 10.1 Å². The third-order valence-corrected chi connectivity index (χ3v) is 11.1. The first-order valence-corrected chi connectivity index (χ1v) is 17.1. The summed E-state index contributed by atoms with van der Waals surface area (Å²) in [4.78, 5) is 15.8. The summed E-state index contributed by atoms with van der Waals surface area (Å²) in [6.07, 6.45) is 0.616. The predicted molar refractivity (Wildman–Crippen MR) is 174 cm³/mol. The molecule has 0 bridgehead atoms. The second kappa shape index (κ2) is 13.2. The number of hydrogen-bond donors (Lipinski definition) is 2. The van der Waals surface area contributed by atoms with Crippen LogP contribution in [0, 0.1) is 19.8 Å². The molecule has 2 N–H and O–H groups in total. The van der Waals surface area contributed by atoms with Crippen LogP contribution in [0.2, 0.25) is 0 Å². The summed E-state index contributed by atoms with van der Waals surface area (Å²) in [6, 6.07) is 20.5. The van der Waals surface area contributed by atoms with E-state index in [4.69, 9.17) is 4.74 Å². The van der Waals surface area contributed by atoms with Crippen molar-refractivity contribution in [3.63, 3.8) is 0 Å². The fourth-order valence-electron chi connectivity index (χ4n) is 5.84. The molecule has 4 aromatic rings. The van der Waals surface area contributed by atoms with Crippen molar-refractivity contribution in [2.24, 2.45) is 5.92 Å². The molecule has 0 saturated carbocycles. The van der Waals surface area contributed by atoms with Gasteiger partial charge in [-0.15, -0.1) is 11.3 Å². The van der Waals surface area contributed by atoms with E-state index in [0.717, 1.165) is 51.2 Å². The molecule has 1 aliphatic rings. The van der Waals surface area contributed by atoms with E-state index < -0.39 is 16.1 Å². The van der Waals surface area contributed by atoms with Gasteiger partial charge in [0.2, 0.25) is 5.91 Å². The Labute approximate surface area is 259 Å². The monoisotopic (exact) mass is 619 g/mol. The zero-order valence-electron chi connectivity index (χ0n) is 25.5. The molecule has 0 aliphatic carbocycles. The Kier molecular flexibility index (Phi) is 9.56. The molecule has 1 aliphatic heterocycles. The Balaban J connectivity index is 1.33. The number of benzene rings is 3. The first-order chi connectivity index (χ1) is 20.5. The maximum atomic E-state index is 13.7. The zero-order valence-corrected chi connectivity index (χ0v) is 27.1. The van der Waals surface area contributed by atoms with Crippen molar-refractivity contribution in [2.45, 2.75) is 63.4 Å². The van der Waals surface area contributed by atoms with Crippen molar-refractivity contribution >= 4 is 37.4 Å². The number of hydrogen-bond acceptors (Lipinski definition) is 6. The second-order valence-corrected chi connectivity index (χ2v) is 15.0. The van der Waals surface area contributed by atoms with E-state index in [9.17, 15) is 13.2 Å². The van der Waals surface area contributed by atoms with Crippen LogP contribution < -0.4 is 14.8 Å². The van der Waals surface area contributed by atoms with Crippen molar-refractivity contribution < 1.29 is 17.9 Å². The van der Waals surface area contributed by atoms with Gasteiger partial charge in [0, 0.05) is 36.2 Å². The van der Waals surface area contributed by atoms with Crippen LogP contribution >= 0.6 is 11.3 Å². The van der Waals surface area contributed by atoms with Gasteiger partial charge >= 0.3 is 0 Å². The summed E-state index contributed by atoms with van der Waals surface area (Å²) in [6.45, 7) is 10.6. The fraction of sp³-hybridized carbons (Fsp3) is 0.382. The highest BCUT2D eigenvalue weighted by molar-refractivity contribution is 7.91. The lowest BCUT2D eigenvalue weighted by atomic mass is 9.97. The summed E-state index contributed by atoms with van der Waals surface area (Å²) in [5.41, 5.74) is 4.65. The SMILES string of the molecule is Cc1ccc2sc(S(=O)(=O)NC(CC(=O)NC3CCOc4cc(CN(C)CC(C)C)ccc43)c3ccccc3)c(C)c2c1. The number of ether oxygens (including phenoxy) is 1. The van der Waals surface area contributed by atoms with Gasteiger partial charge in [-0.2, -0.15) is 0 Å². The van der Waals surface area contributed by atoms with Crippen LogP contribution in [-0.2, 0) is 21.4 Å². The lowest BCUT2D eigenvalue weighted by Crippen LogP contribution is -2.36. The molecule has 2 atom stereocenters. The topological polar surface area (TPSA) is 87.7 Å². The number of thiophene rings is 1. The number of rotatable bonds is 11. The summed E-state index contributed by atoms with van der Waals surface area (Å²) in [5, 5.41) is 4.10. The third kappa shape index (κ3) is 7.47. The normalized spacial score (nSPS) is 15.8. The average molecular weight is 620 g/mol. The second-order valence-electron chi connectivity index (χ2n) is 12.0. The van der Waals surface area contributed by atoms with E-state index in [0.29, 0.717) is 18.9 Å². The standard InChI is InChI=1S/C34H41N3O4S2/c1-22(2)20-37(5)21-25-12-13-27-29(15-16-41-31(27)18-25)35-33(38)19-30(26-9-7-6-8-10-26)36-43(39,40)34-24(4)28-17-23(3)11-14-32(28)42-34/h6-14,17-18,22,29-30,36H,15-16,19-21H2,1-5H3,(H,35,38). The van der Waals surface area contributed by atoms with Gasteiger partial charge in [0.25, 0.3) is 10.0 Å². The van der Waals surface area contributed by atoms with E-state index in [1.807, 2.05) is 68.4 Å². The molecule has 2 heterocycles. The summed E-state index contributed by atoms with van der Waals surface area (Å²) < 4.78 is 37.5. The Morgan fingerprint density at radius 3 is 2.58 bits per heavy atom. The number of amides is 1. The molecule has 1 amide bonds. The highest BCUT2D eigenvalue weighted by Gasteiger charge is 2.29. The molecule has 1 aromatic heterocycles. The molecule has 7 nitrogen and oxygen atoms in total. The molecule has 5 rings (SSSR count). The lowest BCUT2D eigenvalue weighted by molar-refractivity contribution is -0.122. The van der Waals surface area contributed by atoms with Gasteiger partial charge in [0.1, 0.15) is 9.96 Å². The van der Waals surface area contributed by atoms with Crippen LogP contribution in [-0.4, -0.2) is 39.4 Å². The minimum absolute atomic E-state index is 0.0307. The zero-order chi connectivity index (χ0) is 30.7. The molecule has 9 heteroatoms. The molecule has 2 unspecified atom stereocenters. The van der Waals surface area contributed by atoms with Crippen molar-refractivity contribution in [1.82, 2.24) is 14.9 Å². The molecule has 0 saturated heterocycles. The number of carbonyl (C=O) groups excluding carboxylic acids is 1. The summed E-state index contributed by atoms with van der Waals surface area (Å²) >= 11 is 1.26. The molecule has 3 aromatic carbocycles. The van der Waals surface area contributed by atoms with E-state index in [-0.39, 0.29) is 22.6 Å². The molecule has 0 fully saturated rings. The minimum atomic E-state index is -3.90. The highest BCUT2D eigenvalue weighted by Crippen LogP contribution is 2.36. The van der Waals surface area contributed by atoms with Gasteiger partial charge in [-0.1, -0.05) is 74.0 Å². The van der Waals surface area contributed by atoms with Crippen LogP contribution in [0.5, 0.6) is 5.75 Å². The fourth-order valence-corrected chi connectivity index (χ4v) is 8.83. The Hall–Kier alpha value is -3.24. The predicted octanol–water partition coefficient (Wildman–Crippen LogP) is 6.66. The van der Waals surface area contributed by atoms with Gasteiger partial charge in [-0.25, -0.2) is 13.1 Å². The van der Waals surface area contributed by atoms with Gasteiger partial charge < -0.3 is 15.0 Å². The van der Waals surface area contributed by atoms with Crippen LogP contribution in [0.15, 0.2) is 70.9 Å². The summed E-state index contributed by atoms with van der Waals surface area (Å²) in [5.74, 6) is 1.16. The van der Waals surface area contributed by atoms with E-state index >= 15 is 0 Å². The number of nitrogens with one attached hydrogen (secondary N) is 2. The van der Waals surface area contributed by atoms with E-state index in [1.165, 1.54) is 16.9 Å². The number of fused-ring (bicyclic) bond motifs is 2. The number of sulfonamides is 1. The van der Waals surface area contributed by atoms with E-state index in [1.54, 1.807) is 0 Å². The Morgan fingerprint density at radius 1 is 1.07 bits per heavy atom. The highest BCUT2D eigenvalue weighted by atomic mass is 32.2. The molecular weight excluding hydrogens is 579 g/mol. The Morgan fingerprint density at radius 2 is 1.84 bits per heavy atom. The van der Waals surface area contributed by atoms with Gasteiger partial charge in [-0.05, 0) is 61.0 Å². The minimum Gasteiger partial charge on any atom is -0.493 e. The lowest BCUT2D eigenvalue weighted by Gasteiger charge is -2.28. The maximum Gasteiger partial charge on any atom is 0.250 e. The van der Waals surface area contributed by atoms with Gasteiger partial charge in [-0.3, -0.25) is 4.79 Å². The van der Waals surface area contributed by atoms with Crippen molar-refractivity contribution in [2.75, 3.05) is 20.2 Å². The number of carbonyl (C=O) groups is 1. The van der Waals surface area contributed by atoms with E-state index in [2.05, 4.69) is 48.0 Å². The number of aryl methyl sites for hydroxylation is 2. The van der Waals surface area contributed by atoms with Crippen LogP contribution in [0.1, 0.15) is 66.6 Å². The van der Waals surface area contributed by atoms with Crippen LogP contribution in [0.3, 0.4) is 0 Å². The summed E-state index contributed by atoms with van der Waals surface area (Å²) in [7, 11) is -1.78. The van der Waals surface area contributed by atoms with Crippen molar-refractivity contribution in [3.8, 4) is 5.75 Å².